The normalized spacial score (nSPS) is 12.3. The second-order valence-corrected chi connectivity index (χ2v) is 8.84. The molecule has 0 atom stereocenters. The molecular formula is C21H26N4O2S. The number of para-hydroxylation sites is 1. The van der Waals surface area contributed by atoms with Gasteiger partial charge in [-0.2, -0.15) is 0 Å². The highest BCUT2D eigenvalue weighted by atomic mass is 32.2. The minimum Gasteiger partial charge on any atom is -0.358 e. The molecule has 28 heavy (non-hydrogen) atoms. The fourth-order valence-corrected chi connectivity index (χ4v) is 4.19. The van der Waals surface area contributed by atoms with Crippen molar-refractivity contribution in [2.24, 2.45) is 4.99 Å². The number of benzene rings is 2. The van der Waals surface area contributed by atoms with Crippen molar-refractivity contribution in [1.29, 1.82) is 0 Å². The second-order valence-electron chi connectivity index (χ2n) is 6.86. The first-order chi connectivity index (χ1) is 13.4. The number of fused-ring (bicyclic) bond motifs is 1. The summed E-state index contributed by atoms with van der Waals surface area (Å²) in [5.74, 6) is 0.709. The summed E-state index contributed by atoms with van der Waals surface area (Å²) in [6.07, 6.45) is 2.09. The Kier molecular flexibility index (Phi) is 6.04. The number of nitrogens with zero attached hydrogens (tertiary/aromatic N) is 1. The number of H-pyrrole nitrogens is 1. The molecule has 0 saturated carbocycles. The first-order valence-corrected chi connectivity index (χ1v) is 11.1. The van der Waals surface area contributed by atoms with Gasteiger partial charge in [-0.1, -0.05) is 30.3 Å². The van der Waals surface area contributed by atoms with Crippen LogP contribution in [0, 0.1) is 6.92 Å². The predicted octanol–water partition coefficient (Wildman–Crippen LogP) is 2.79. The molecule has 3 N–H and O–H groups in total. The Morgan fingerprint density at radius 2 is 1.89 bits per heavy atom. The number of aryl methyl sites for hydroxylation is 1. The molecule has 1 aromatic heterocycles. The van der Waals surface area contributed by atoms with Crippen molar-refractivity contribution >= 4 is 26.7 Å². The van der Waals surface area contributed by atoms with Gasteiger partial charge in [0.05, 0.1) is 4.90 Å². The minimum atomic E-state index is -3.19. The Morgan fingerprint density at radius 3 is 2.57 bits per heavy atom. The third-order valence-electron chi connectivity index (χ3n) is 4.59. The molecule has 0 saturated heterocycles. The fourth-order valence-electron chi connectivity index (χ4n) is 3.23. The van der Waals surface area contributed by atoms with Gasteiger partial charge in [-0.25, -0.2) is 8.42 Å². The first kappa shape index (κ1) is 19.9. The van der Waals surface area contributed by atoms with E-state index in [0.717, 1.165) is 29.6 Å². The second kappa shape index (κ2) is 8.48. The van der Waals surface area contributed by atoms with Crippen molar-refractivity contribution in [2.75, 3.05) is 19.8 Å². The predicted molar refractivity (Wildman–Crippen MR) is 114 cm³/mol. The van der Waals surface area contributed by atoms with E-state index < -0.39 is 9.84 Å². The van der Waals surface area contributed by atoms with Crippen LogP contribution in [0.1, 0.15) is 16.8 Å². The molecule has 0 amide bonds. The van der Waals surface area contributed by atoms with Crippen LogP contribution in [0.3, 0.4) is 0 Å². The smallest absolute Gasteiger partial charge is 0.191 e. The molecule has 3 aromatic rings. The molecule has 1 heterocycles. The zero-order valence-corrected chi connectivity index (χ0v) is 17.2. The summed E-state index contributed by atoms with van der Waals surface area (Å²) < 4.78 is 23.4. The van der Waals surface area contributed by atoms with E-state index in [1.165, 1.54) is 17.3 Å². The monoisotopic (exact) mass is 398 g/mol. The van der Waals surface area contributed by atoms with Crippen LogP contribution < -0.4 is 10.6 Å². The van der Waals surface area contributed by atoms with Gasteiger partial charge in [0.1, 0.15) is 0 Å². The van der Waals surface area contributed by atoms with Gasteiger partial charge >= 0.3 is 0 Å². The number of hydrogen-bond donors (Lipinski definition) is 3. The van der Waals surface area contributed by atoms with Gasteiger partial charge in [-0.15, -0.1) is 0 Å². The number of guanidine groups is 1. The lowest BCUT2D eigenvalue weighted by atomic mass is 10.1. The summed E-state index contributed by atoms with van der Waals surface area (Å²) in [6.45, 7) is 3.13. The number of aromatic amines is 1. The quantitative estimate of drug-likeness (QED) is 0.440. The Bertz CT molecular complexity index is 1070. The van der Waals surface area contributed by atoms with E-state index in [4.69, 9.17) is 0 Å². The zero-order valence-electron chi connectivity index (χ0n) is 16.4. The van der Waals surface area contributed by atoms with E-state index in [-0.39, 0.29) is 0 Å². The number of nitrogens with one attached hydrogen (secondary N) is 3. The Morgan fingerprint density at radius 1 is 1.11 bits per heavy atom. The number of sulfone groups is 1. The SMILES string of the molecule is CN=C(NCCc1cc2ccccc2[nH]1)NCc1ccc(S(C)(=O)=O)c(C)c1. The number of rotatable bonds is 6. The zero-order chi connectivity index (χ0) is 20.1. The number of hydrogen-bond acceptors (Lipinski definition) is 3. The minimum absolute atomic E-state index is 0.372. The molecule has 0 aliphatic rings. The summed E-state index contributed by atoms with van der Waals surface area (Å²) in [5.41, 5.74) is 4.08. The number of aromatic nitrogens is 1. The molecule has 0 aliphatic heterocycles. The molecule has 3 rings (SSSR count). The topological polar surface area (TPSA) is 86.3 Å². The van der Waals surface area contributed by atoms with E-state index in [9.17, 15) is 8.42 Å². The lowest BCUT2D eigenvalue weighted by Crippen LogP contribution is -2.37. The van der Waals surface area contributed by atoms with Crippen LogP contribution in [-0.2, 0) is 22.8 Å². The van der Waals surface area contributed by atoms with Crippen molar-refractivity contribution in [2.45, 2.75) is 24.8 Å². The molecule has 0 radical (unpaired) electrons. The summed E-state index contributed by atoms with van der Waals surface area (Å²) in [6, 6.07) is 15.8. The van der Waals surface area contributed by atoms with Crippen molar-refractivity contribution in [3.63, 3.8) is 0 Å². The summed E-state index contributed by atoms with van der Waals surface area (Å²) in [4.78, 5) is 8.04. The Hall–Kier alpha value is -2.80. The summed E-state index contributed by atoms with van der Waals surface area (Å²) >= 11 is 0. The van der Waals surface area contributed by atoms with Crippen molar-refractivity contribution in [3.8, 4) is 0 Å². The molecule has 2 aromatic carbocycles. The van der Waals surface area contributed by atoms with Crippen molar-refractivity contribution < 1.29 is 8.42 Å². The molecule has 0 spiro atoms. The average Bonchev–Trinajstić information content (AvgIpc) is 3.06. The highest BCUT2D eigenvalue weighted by Crippen LogP contribution is 2.17. The van der Waals surface area contributed by atoms with Crippen LogP contribution in [0.15, 0.2) is 58.4 Å². The standard InChI is InChI=1S/C21H26N4O2S/c1-15-12-16(8-9-20(15)28(3,26)27)14-24-21(22-2)23-11-10-18-13-17-6-4-5-7-19(17)25-18/h4-9,12-13,25H,10-11,14H2,1-3H3,(H2,22,23,24). The van der Waals surface area contributed by atoms with E-state index in [1.807, 2.05) is 31.2 Å². The molecule has 7 heteroatoms. The van der Waals surface area contributed by atoms with Crippen LogP contribution >= 0.6 is 0 Å². The van der Waals surface area contributed by atoms with E-state index in [2.05, 4.69) is 38.8 Å². The van der Waals surface area contributed by atoms with Gasteiger partial charge in [-0.3, -0.25) is 4.99 Å². The lowest BCUT2D eigenvalue weighted by Gasteiger charge is -2.13. The Labute approximate surface area is 166 Å². The van der Waals surface area contributed by atoms with Gasteiger partial charge in [-0.05, 0) is 41.6 Å². The first-order valence-electron chi connectivity index (χ1n) is 9.17. The molecule has 6 nitrogen and oxygen atoms in total. The van der Waals surface area contributed by atoms with Crippen LogP contribution in [0.2, 0.25) is 0 Å². The molecule has 0 aliphatic carbocycles. The van der Waals surface area contributed by atoms with Gasteiger partial charge in [0, 0.05) is 44.0 Å². The summed E-state index contributed by atoms with van der Waals surface area (Å²) in [7, 11) is -1.46. The van der Waals surface area contributed by atoms with Gasteiger partial charge in [0.25, 0.3) is 0 Å². The lowest BCUT2D eigenvalue weighted by molar-refractivity contribution is 0.601. The number of aliphatic imine (C=N–C) groups is 1. The molecule has 0 fully saturated rings. The molecule has 0 unspecified atom stereocenters. The fraction of sp³-hybridized carbons (Fsp3) is 0.286. The van der Waals surface area contributed by atoms with Crippen LogP contribution in [0.4, 0.5) is 0 Å². The van der Waals surface area contributed by atoms with Crippen LogP contribution in [0.25, 0.3) is 10.9 Å². The van der Waals surface area contributed by atoms with Crippen molar-refractivity contribution in [1.82, 2.24) is 15.6 Å². The molecule has 148 valence electrons. The molecular weight excluding hydrogens is 372 g/mol. The van der Waals surface area contributed by atoms with Crippen LogP contribution in [-0.4, -0.2) is 39.2 Å². The maximum atomic E-state index is 11.7. The third-order valence-corrected chi connectivity index (χ3v) is 5.85. The Balaban J connectivity index is 1.52. The molecule has 0 bridgehead atoms. The highest BCUT2D eigenvalue weighted by molar-refractivity contribution is 7.90. The van der Waals surface area contributed by atoms with E-state index in [0.29, 0.717) is 17.4 Å². The third kappa shape index (κ3) is 4.92. The van der Waals surface area contributed by atoms with Gasteiger partial charge < -0.3 is 15.6 Å². The van der Waals surface area contributed by atoms with Crippen LogP contribution in [0.5, 0.6) is 0 Å². The van der Waals surface area contributed by atoms with E-state index in [1.54, 1.807) is 13.1 Å². The maximum Gasteiger partial charge on any atom is 0.191 e. The largest absolute Gasteiger partial charge is 0.358 e. The highest BCUT2D eigenvalue weighted by Gasteiger charge is 2.11. The van der Waals surface area contributed by atoms with E-state index >= 15 is 0 Å². The summed E-state index contributed by atoms with van der Waals surface area (Å²) in [5, 5.41) is 7.78. The van der Waals surface area contributed by atoms with Gasteiger partial charge in [0.15, 0.2) is 15.8 Å². The van der Waals surface area contributed by atoms with Gasteiger partial charge in [0.2, 0.25) is 0 Å². The van der Waals surface area contributed by atoms with Crippen molar-refractivity contribution in [3.05, 3.63) is 65.4 Å². The maximum absolute atomic E-state index is 11.7. The average molecular weight is 399 g/mol.